The highest BCUT2D eigenvalue weighted by molar-refractivity contribution is 6.19. The molecule has 2 heterocycles. The molecule has 1 atom stereocenters. The largest absolute Gasteiger partial charge is 0.342 e. The lowest BCUT2D eigenvalue weighted by atomic mass is 9.97. The number of anilines is 1. The van der Waals surface area contributed by atoms with Crippen molar-refractivity contribution in [3.8, 4) is 0 Å². The molecular formula is C23H25N3O3. The lowest BCUT2D eigenvalue weighted by molar-refractivity contribution is -0.134. The van der Waals surface area contributed by atoms with Crippen LogP contribution in [0, 0.1) is 0 Å². The summed E-state index contributed by atoms with van der Waals surface area (Å²) in [5.41, 5.74) is 1.62. The number of nitrogens with zero attached hydrogens (tertiary/aromatic N) is 3. The normalized spacial score (nSPS) is 19.0. The Kier molecular flexibility index (Phi) is 5.34. The third-order valence-electron chi connectivity index (χ3n) is 5.89. The summed E-state index contributed by atoms with van der Waals surface area (Å²) in [5, 5.41) is 0. The van der Waals surface area contributed by atoms with Crippen LogP contribution in [0.15, 0.2) is 60.7 Å². The first-order valence-corrected chi connectivity index (χ1v) is 10.1. The summed E-state index contributed by atoms with van der Waals surface area (Å²) in [7, 11) is 0. The molecule has 0 saturated carbocycles. The minimum atomic E-state index is -0.261. The van der Waals surface area contributed by atoms with E-state index >= 15 is 0 Å². The SMILES string of the molecule is CC(C(=O)N1CCC(N2CC(=O)N(c3ccccc3)C2=O)CC1)c1ccccc1. The Hall–Kier alpha value is -3.15. The summed E-state index contributed by atoms with van der Waals surface area (Å²) in [6, 6.07) is 18.5. The van der Waals surface area contributed by atoms with E-state index in [1.165, 1.54) is 4.90 Å². The minimum absolute atomic E-state index is 0.0174. The van der Waals surface area contributed by atoms with E-state index in [0.29, 0.717) is 31.6 Å². The van der Waals surface area contributed by atoms with Crippen LogP contribution in [0.5, 0.6) is 0 Å². The number of carbonyl (C=O) groups is 3. The van der Waals surface area contributed by atoms with Crippen molar-refractivity contribution in [2.75, 3.05) is 24.5 Å². The van der Waals surface area contributed by atoms with Gasteiger partial charge in [0, 0.05) is 19.1 Å². The highest BCUT2D eigenvalue weighted by Crippen LogP contribution is 2.27. The van der Waals surface area contributed by atoms with Gasteiger partial charge in [0.1, 0.15) is 6.54 Å². The van der Waals surface area contributed by atoms with E-state index in [1.54, 1.807) is 17.0 Å². The van der Waals surface area contributed by atoms with Gasteiger partial charge in [-0.05, 0) is 37.5 Å². The Balaban J connectivity index is 1.38. The molecule has 4 amide bonds. The maximum absolute atomic E-state index is 12.9. The molecule has 2 fully saturated rings. The molecule has 29 heavy (non-hydrogen) atoms. The Labute approximate surface area is 170 Å². The lowest BCUT2D eigenvalue weighted by Gasteiger charge is -2.37. The van der Waals surface area contributed by atoms with Crippen LogP contribution in [0.1, 0.15) is 31.2 Å². The molecule has 150 valence electrons. The molecule has 1 unspecified atom stereocenters. The summed E-state index contributed by atoms with van der Waals surface area (Å²) in [5.74, 6) is -0.266. The highest BCUT2D eigenvalue weighted by Gasteiger charge is 2.42. The van der Waals surface area contributed by atoms with Gasteiger partial charge in [-0.3, -0.25) is 9.59 Å². The monoisotopic (exact) mass is 391 g/mol. The van der Waals surface area contributed by atoms with Gasteiger partial charge in [0.15, 0.2) is 0 Å². The van der Waals surface area contributed by atoms with Gasteiger partial charge in [-0.1, -0.05) is 48.5 Å². The van der Waals surface area contributed by atoms with Crippen LogP contribution in [0.25, 0.3) is 0 Å². The number of carbonyl (C=O) groups excluding carboxylic acids is 3. The molecule has 2 aliphatic rings. The number of benzene rings is 2. The van der Waals surface area contributed by atoms with Crippen LogP contribution >= 0.6 is 0 Å². The van der Waals surface area contributed by atoms with Crippen LogP contribution in [-0.2, 0) is 9.59 Å². The molecule has 2 aromatic carbocycles. The Bertz CT molecular complexity index is 892. The van der Waals surface area contributed by atoms with E-state index in [1.807, 2.05) is 60.4 Å². The molecule has 0 bridgehead atoms. The van der Waals surface area contributed by atoms with Gasteiger partial charge < -0.3 is 9.80 Å². The summed E-state index contributed by atoms with van der Waals surface area (Å²) >= 11 is 0. The predicted octanol–water partition coefficient (Wildman–Crippen LogP) is 3.25. The first-order chi connectivity index (χ1) is 14.1. The Morgan fingerprint density at radius 1 is 0.931 bits per heavy atom. The maximum atomic E-state index is 12.9. The minimum Gasteiger partial charge on any atom is -0.342 e. The van der Waals surface area contributed by atoms with Crippen molar-refractivity contribution in [2.24, 2.45) is 0 Å². The lowest BCUT2D eigenvalue weighted by Crippen LogP contribution is -2.48. The molecular weight excluding hydrogens is 366 g/mol. The first kappa shape index (κ1) is 19.2. The number of imide groups is 1. The molecule has 2 saturated heterocycles. The zero-order chi connectivity index (χ0) is 20.4. The van der Waals surface area contributed by atoms with Crippen molar-refractivity contribution >= 4 is 23.5 Å². The summed E-state index contributed by atoms with van der Waals surface area (Å²) in [6.45, 7) is 3.24. The Morgan fingerprint density at radius 3 is 2.14 bits per heavy atom. The number of hydrogen-bond donors (Lipinski definition) is 0. The number of rotatable bonds is 4. The second-order valence-corrected chi connectivity index (χ2v) is 7.66. The van der Waals surface area contributed by atoms with Crippen molar-refractivity contribution in [2.45, 2.75) is 31.7 Å². The van der Waals surface area contributed by atoms with E-state index in [9.17, 15) is 14.4 Å². The maximum Gasteiger partial charge on any atom is 0.332 e. The third-order valence-corrected chi connectivity index (χ3v) is 5.89. The number of para-hydroxylation sites is 1. The van der Waals surface area contributed by atoms with Gasteiger partial charge in [0.25, 0.3) is 5.91 Å². The molecule has 0 N–H and O–H groups in total. The molecule has 4 rings (SSSR count). The number of urea groups is 1. The topological polar surface area (TPSA) is 60.9 Å². The van der Waals surface area contributed by atoms with E-state index in [0.717, 1.165) is 5.56 Å². The fourth-order valence-electron chi connectivity index (χ4n) is 4.19. The van der Waals surface area contributed by atoms with Crippen LogP contribution in [0.2, 0.25) is 0 Å². The first-order valence-electron chi connectivity index (χ1n) is 10.1. The number of amides is 4. The Morgan fingerprint density at radius 2 is 1.52 bits per heavy atom. The average molecular weight is 391 g/mol. The van der Waals surface area contributed by atoms with Gasteiger partial charge in [0.2, 0.25) is 5.91 Å². The quantitative estimate of drug-likeness (QED) is 0.752. The third kappa shape index (κ3) is 3.75. The van der Waals surface area contributed by atoms with Crippen molar-refractivity contribution in [1.82, 2.24) is 9.80 Å². The van der Waals surface area contributed by atoms with E-state index in [4.69, 9.17) is 0 Å². The van der Waals surface area contributed by atoms with E-state index in [-0.39, 0.29) is 36.3 Å². The van der Waals surface area contributed by atoms with E-state index < -0.39 is 0 Å². The molecule has 0 spiro atoms. The van der Waals surface area contributed by atoms with Gasteiger partial charge in [-0.15, -0.1) is 0 Å². The molecule has 6 heteroatoms. The van der Waals surface area contributed by atoms with Crippen molar-refractivity contribution in [3.05, 3.63) is 66.2 Å². The standard InChI is InChI=1S/C23H25N3O3/c1-17(18-8-4-2-5-9-18)22(28)24-14-12-19(13-15-24)25-16-21(27)26(23(25)29)20-10-6-3-7-11-20/h2-11,17,19H,12-16H2,1H3. The van der Waals surface area contributed by atoms with Crippen LogP contribution in [0.3, 0.4) is 0 Å². The number of hydrogen-bond acceptors (Lipinski definition) is 3. The zero-order valence-corrected chi connectivity index (χ0v) is 16.5. The van der Waals surface area contributed by atoms with Gasteiger partial charge in [-0.2, -0.15) is 0 Å². The van der Waals surface area contributed by atoms with Gasteiger partial charge in [-0.25, -0.2) is 9.69 Å². The molecule has 2 aromatic rings. The average Bonchev–Trinajstić information content (AvgIpc) is 3.08. The second kappa shape index (κ2) is 8.07. The smallest absolute Gasteiger partial charge is 0.332 e. The van der Waals surface area contributed by atoms with Gasteiger partial charge in [0.05, 0.1) is 11.6 Å². The fraction of sp³-hybridized carbons (Fsp3) is 0.348. The highest BCUT2D eigenvalue weighted by atomic mass is 16.2. The number of piperidine rings is 1. The van der Waals surface area contributed by atoms with Crippen molar-refractivity contribution in [1.29, 1.82) is 0 Å². The van der Waals surface area contributed by atoms with Crippen molar-refractivity contribution in [3.63, 3.8) is 0 Å². The van der Waals surface area contributed by atoms with Crippen LogP contribution in [-0.4, -0.2) is 53.3 Å². The van der Waals surface area contributed by atoms with Crippen LogP contribution in [0.4, 0.5) is 10.5 Å². The molecule has 0 radical (unpaired) electrons. The molecule has 6 nitrogen and oxygen atoms in total. The van der Waals surface area contributed by atoms with Crippen molar-refractivity contribution < 1.29 is 14.4 Å². The summed E-state index contributed by atoms with van der Waals surface area (Å²) in [6.07, 6.45) is 1.38. The fourth-order valence-corrected chi connectivity index (χ4v) is 4.19. The molecule has 0 aromatic heterocycles. The molecule has 0 aliphatic carbocycles. The van der Waals surface area contributed by atoms with Gasteiger partial charge >= 0.3 is 6.03 Å². The predicted molar refractivity (Wildman–Crippen MR) is 110 cm³/mol. The number of likely N-dealkylation sites (tertiary alicyclic amines) is 1. The zero-order valence-electron chi connectivity index (χ0n) is 16.5. The molecule has 2 aliphatic heterocycles. The second-order valence-electron chi connectivity index (χ2n) is 7.66. The van der Waals surface area contributed by atoms with Crippen LogP contribution < -0.4 is 4.90 Å². The van der Waals surface area contributed by atoms with E-state index in [2.05, 4.69) is 0 Å². The summed E-state index contributed by atoms with van der Waals surface area (Å²) in [4.78, 5) is 43.0. The summed E-state index contributed by atoms with van der Waals surface area (Å²) < 4.78 is 0.